The molecule has 0 spiro atoms. The standard InChI is InChI=1S/C18H22N2/c1-3-15-7-6-8-16-10-12-20(13-17(15)16)14(2)18-9-4-5-11-19-18/h4-9,11,14H,3,10,12-13H2,1-2H3. The molecule has 2 heterocycles. The van der Waals surface area contributed by atoms with Crippen molar-refractivity contribution in [1.29, 1.82) is 0 Å². The monoisotopic (exact) mass is 266 g/mol. The maximum absolute atomic E-state index is 4.51. The van der Waals surface area contributed by atoms with Gasteiger partial charge in [-0.15, -0.1) is 0 Å². The average molecular weight is 266 g/mol. The van der Waals surface area contributed by atoms with Crippen LogP contribution in [-0.2, 0) is 19.4 Å². The van der Waals surface area contributed by atoms with E-state index in [1.807, 2.05) is 12.3 Å². The molecule has 2 heteroatoms. The van der Waals surface area contributed by atoms with Crippen LogP contribution in [0.3, 0.4) is 0 Å². The fraction of sp³-hybridized carbons (Fsp3) is 0.389. The normalized spacial score (nSPS) is 16.7. The Bertz CT molecular complexity index is 563. The fourth-order valence-corrected chi connectivity index (χ4v) is 3.14. The highest BCUT2D eigenvalue weighted by atomic mass is 15.2. The van der Waals surface area contributed by atoms with Gasteiger partial charge in [0.15, 0.2) is 0 Å². The van der Waals surface area contributed by atoms with E-state index < -0.39 is 0 Å². The summed E-state index contributed by atoms with van der Waals surface area (Å²) in [6.45, 7) is 6.69. The average Bonchev–Trinajstić information content (AvgIpc) is 2.54. The second kappa shape index (κ2) is 5.76. The molecule has 1 aromatic heterocycles. The summed E-state index contributed by atoms with van der Waals surface area (Å²) in [4.78, 5) is 7.06. The predicted molar refractivity (Wildman–Crippen MR) is 82.6 cm³/mol. The first-order chi connectivity index (χ1) is 9.79. The molecular formula is C18H22N2. The van der Waals surface area contributed by atoms with E-state index in [1.165, 1.54) is 16.8 Å². The van der Waals surface area contributed by atoms with Crippen molar-refractivity contribution in [1.82, 2.24) is 9.88 Å². The van der Waals surface area contributed by atoms with E-state index in [1.54, 1.807) is 5.56 Å². The Morgan fingerprint density at radius 3 is 2.85 bits per heavy atom. The van der Waals surface area contributed by atoms with Crippen LogP contribution >= 0.6 is 0 Å². The van der Waals surface area contributed by atoms with Crippen LogP contribution in [-0.4, -0.2) is 16.4 Å². The molecule has 20 heavy (non-hydrogen) atoms. The lowest BCUT2D eigenvalue weighted by Gasteiger charge is -2.34. The molecule has 0 aliphatic carbocycles. The number of aromatic nitrogens is 1. The molecule has 104 valence electrons. The van der Waals surface area contributed by atoms with Crippen molar-refractivity contribution in [3.63, 3.8) is 0 Å². The molecule has 2 aromatic rings. The van der Waals surface area contributed by atoms with E-state index >= 15 is 0 Å². The number of nitrogens with zero attached hydrogens (tertiary/aromatic N) is 2. The third-order valence-electron chi connectivity index (χ3n) is 4.44. The van der Waals surface area contributed by atoms with Gasteiger partial charge in [-0.25, -0.2) is 0 Å². The van der Waals surface area contributed by atoms with Crippen molar-refractivity contribution in [3.05, 3.63) is 65.0 Å². The van der Waals surface area contributed by atoms with Gasteiger partial charge in [-0.1, -0.05) is 31.2 Å². The first kappa shape index (κ1) is 13.3. The van der Waals surface area contributed by atoms with Crippen molar-refractivity contribution in [2.75, 3.05) is 6.54 Å². The van der Waals surface area contributed by atoms with E-state index in [4.69, 9.17) is 0 Å². The second-order valence-corrected chi connectivity index (χ2v) is 5.56. The molecule has 1 unspecified atom stereocenters. The Balaban J connectivity index is 1.85. The van der Waals surface area contributed by atoms with Gasteiger partial charge < -0.3 is 0 Å². The molecule has 1 aromatic carbocycles. The zero-order chi connectivity index (χ0) is 13.9. The minimum Gasteiger partial charge on any atom is -0.290 e. The van der Waals surface area contributed by atoms with Gasteiger partial charge in [-0.05, 0) is 48.6 Å². The lowest BCUT2D eigenvalue weighted by molar-refractivity contribution is 0.188. The zero-order valence-corrected chi connectivity index (χ0v) is 12.3. The molecule has 0 N–H and O–H groups in total. The van der Waals surface area contributed by atoms with Crippen molar-refractivity contribution < 1.29 is 0 Å². The Morgan fingerprint density at radius 2 is 2.10 bits per heavy atom. The zero-order valence-electron chi connectivity index (χ0n) is 12.3. The number of rotatable bonds is 3. The van der Waals surface area contributed by atoms with Crippen molar-refractivity contribution >= 4 is 0 Å². The van der Waals surface area contributed by atoms with E-state index in [0.29, 0.717) is 6.04 Å². The number of hydrogen-bond donors (Lipinski definition) is 0. The molecule has 0 amide bonds. The topological polar surface area (TPSA) is 16.1 Å². The maximum atomic E-state index is 4.51. The molecule has 2 nitrogen and oxygen atoms in total. The summed E-state index contributed by atoms with van der Waals surface area (Å²) in [6, 6.07) is 13.3. The highest BCUT2D eigenvalue weighted by molar-refractivity contribution is 5.37. The summed E-state index contributed by atoms with van der Waals surface area (Å²) >= 11 is 0. The fourth-order valence-electron chi connectivity index (χ4n) is 3.14. The number of fused-ring (bicyclic) bond motifs is 1. The largest absolute Gasteiger partial charge is 0.290 e. The first-order valence-corrected chi connectivity index (χ1v) is 7.54. The van der Waals surface area contributed by atoms with Crippen LogP contribution in [0.15, 0.2) is 42.6 Å². The lowest BCUT2D eigenvalue weighted by atomic mass is 9.92. The molecule has 1 aliphatic heterocycles. The Hall–Kier alpha value is -1.67. The summed E-state index contributed by atoms with van der Waals surface area (Å²) in [5.74, 6) is 0. The van der Waals surface area contributed by atoms with Crippen LogP contribution in [0, 0.1) is 0 Å². The molecule has 0 bridgehead atoms. The molecule has 0 radical (unpaired) electrons. The van der Waals surface area contributed by atoms with Crippen molar-refractivity contribution in [2.24, 2.45) is 0 Å². The molecule has 0 saturated heterocycles. The van der Waals surface area contributed by atoms with E-state index in [0.717, 1.165) is 25.9 Å². The van der Waals surface area contributed by atoms with Crippen LogP contribution in [0.25, 0.3) is 0 Å². The Kier molecular flexibility index (Phi) is 3.83. The van der Waals surface area contributed by atoms with Crippen LogP contribution in [0.5, 0.6) is 0 Å². The van der Waals surface area contributed by atoms with Gasteiger partial charge in [0.05, 0.1) is 5.69 Å². The van der Waals surface area contributed by atoms with E-state index in [9.17, 15) is 0 Å². The number of aryl methyl sites for hydroxylation is 1. The molecule has 0 fully saturated rings. The van der Waals surface area contributed by atoms with Gasteiger partial charge in [0.2, 0.25) is 0 Å². The van der Waals surface area contributed by atoms with Crippen molar-refractivity contribution in [2.45, 2.75) is 39.3 Å². The Morgan fingerprint density at radius 1 is 1.20 bits per heavy atom. The Labute approximate surface area is 121 Å². The highest BCUT2D eigenvalue weighted by Crippen LogP contribution is 2.28. The van der Waals surface area contributed by atoms with Gasteiger partial charge in [-0.2, -0.15) is 0 Å². The third-order valence-corrected chi connectivity index (χ3v) is 4.44. The van der Waals surface area contributed by atoms with Gasteiger partial charge >= 0.3 is 0 Å². The van der Waals surface area contributed by atoms with Crippen LogP contribution < -0.4 is 0 Å². The smallest absolute Gasteiger partial charge is 0.0572 e. The number of benzene rings is 1. The van der Waals surface area contributed by atoms with Crippen LogP contribution in [0.4, 0.5) is 0 Å². The van der Waals surface area contributed by atoms with Gasteiger partial charge in [0.1, 0.15) is 0 Å². The maximum Gasteiger partial charge on any atom is 0.0572 e. The number of pyridine rings is 1. The summed E-state index contributed by atoms with van der Waals surface area (Å²) in [5.41, 5.74) is 5.75. The van der Waals surface area contributed by atoms with Crippen LogP contribution in [0.2, 0.25) is 0 Å². The minimum absolute atomic E-state index is 0.384. The second-order valence-electron chi connectivity index (χ2n) is 5.56. The third kappa shape index (κ3) is 2.48. The molecule has 3 rings (SSSR count). The van der Waals surface area contributed by atoms with Gasteiger partial charge in [-0.3, -0.25) is 9.88 Å². The molecule has 1 atom stereocenters. The molecule has 1 aliphatic rings. The summed E-state index contributed by atoms with van der Waals surface area (Å²) in [5, 5.41) is 0. The quantitative estimate of drug-likeness (QED) is 0.841. The highest BCUT2D eigenvalue weighted by Gasteiger charge is 2.23. The molecule has 0 saturated carbocycles. The minimum atomic E-state index is 0.384. The summed E-state index contributed by atoms with van der Waals surface area (Å²) in [6.07, 6.45) is 4.16. The molecular weight excluding hydrogens is 244 g/mol. The van der Waals surface area contributed by atoms with Gasteiger partial charge in [0.25, 0.3) is 0 Å². The van der Waals surface area contributed by atoms with Crippen LogP contribution in [0.1, 0.15) is 42.3 Å². The van der Waals surface area contributed by atoms with Gasteiger partial charge in [0, 0.05) is 25.3 Å². The first-order valence-electron chi connectivity index (χ1n) is 7.54. The van der Waals surface area contributed by atoms with E-state index in [-0.39, 0.29) is 0 Å². The summed E-state index contributed by atoms with van der Waals surface area (Å²) < 4.78 is 0. The number of hydrogen-bond acceptors (Lipinski definition) is 2. The predicted octanol–water partition coefficient (Wildman–Crippen LogP) is 3.76. The van der Waals surface area contributed by atoms with E-state index in [2.05, 4.69) is 54.1 Å². The lowest BCUT2D eigenvalue weighted by Crippen LogP contribution is -2.33. The van der Waals surface area contributed by atoms with Crippen molar-refractivity contribution in [3.8, 4) is 0 Å². The SMILES string of the molecule is CCc1cccc2c1CN(C(C)c1ccccn1)CC2. The summed E-state index contributed by atoms with van der Waals surface area (Å²) in [7, 11) is 0.